The molecule has 1 aromatic rings. The smallest absolute Gasteiger partial charge is 0.251 e. The van der Waals surface area contributed by atoms with E-state index in [1.807, 2.05) is 19.1 Å². The van der Waals surface area contributed by atoms with Crippen molar-refractivity contribution in [2.45, 2.75) is 32.6 Å². The second kappa shape index (κ2) is 6.04. The molecule has 0 heterocycles. The first-order chi connectivity index (χ1) is 9.13. The van der Waals surface area contributed by atoms with Gasteiger partial charge in [-0.2, -0.15) is 0 Å². The van der Waals surface area contributed by atoms with E-state index in [0.29, 0.717) is 17.2 Å². The number of nitrogen functional groups attached to an aromatic ring is 1. The molecule has 0 aromatic heterocycles. The summed E-state index contributed by atoms with van der Waals surface area (Å²) in [7, 11) is 0. The van der Waals surface area contributed by atoms with Crippen LogP contribution >= 0.6 is 12.4 Å². The summed E-state index contributed by atoms with van der Waals surface area (Å²) in [6.07, 6.45) is 5.46. The van der Waals surface area contributed by atoms with Gasteiger partial charge in [0.25, 0.3) is 5.91 Å². The number of aryl methyl sites for hydroxylation is 1. The first kappa shape index (κ1) is 15.2. The van der Waals surface area contributed by atoms with E-state index in [1.54, 1.807) is 6.07 Å². The fourth-order valence-electron chi connectivity index (χ4n) is 3.83. The van der Waals surface area contributed by atoms with Gasteiger partial charge in [-0.3, -0.25) is 4.79 Å². The molecule has 0 radical (unpaired) electrons. The molecule has 3 unspecified atom stereocenters. The maximum atomic E-state index is 12.2. The maximum absolute atomic E-state index is 12.2. The van der Waals surface area contributed by atoms with Crippen LogP contribution in [0.2, 0.25) is 0 Å². The van der Waals surface area contributed by atoms with E-state index in [9.17, 15) is 4.79 Å². The molecule has 3 atom stereocenters. The molecule has 110 valence electrons. The summed E-state index contributed by atoms with van der Waals surface area (Å²) in [4.78, 5) is 12.2. The Morgan fingerprint density at radius 1 is 1.35 bits per heavy atom. The number of hydrogen-bond donors (Lipinski definition) is 2. The molecule has 3 N–H and O–H groups in total. The third-order valence-corrected chi connectivity index (χ3v) is 4.92. The topological polar surface area (TPSA) is 55.1 Å². The lowest BCUT2D eigenvalue weighted by Gasteiger charge is -2.22. The minimum absolute atomic E-state index is 0. The van der Waals surface area contributed by atoms with Gasteiger partial charge in [-0.15, -0.1) is 12.4 Å². The number of hydrogen-bond acceptors (Lipinski definition) is 2. The van der Waals surface area contributed by atoms with Crippen molar-refractivity contribution in [3.8, 4) is 0 Å². The molecule has 0 spiro atoms. The van der Waals surface area contributed by atoms with Crippen molar-refractivity contribution in [3.05, 3.63) is 29.3 Å². The molecule has 2 aliphatic carbocycles. The van der Waals surface area contributed by atoms with Crippen LogP contribution in [0.25, 0.3) is 0 Å². The molecule has 2 bridgehead atoms. The predicted octanol–water partition coefficient (Wildman–Crippen LogP) is 3.17. The maximum Gasteiger partial charge on any atom is 0.251 e. The van der Waals surface area contributed by atoms with Crippen molar-refractivity contribution < 1.29 is 4.79 Å². The second-order valence-corrected chi connectivity index (χ2v) is 6.22. The first-order valence-corrected chi connectivity index (χ1v) is 7.28. The van der Waals surface area contributed by atoms with Crippen LogP contribution in [0.4, 0.5) is 5.69 Å². The minimum atomic E-state index is 0. The number of anilines is 1. The molecule has 1 amide bonds. The lowest BCUT2D eigenvalue weighted by Crippen LogP contribution is -2.32. The van der Waals surface area contributed by atoms with Gasteiger partial charge in [-0.05, 0) is 61.6 Å². The highest BCUT2D eigenvalue weighted by molar-refractivity contribution is 5.96. The number of nitrogens with two attached hydrogens (primary N) is 1. The van der Waals surface area contributed by atoms with Gasteiger partial charge in [-0.25, -0.2) is 0 Å². The van der Waals surface area contributed by atoms with Gasteiger partial charge in [0.15, 0.2) is 0 Å². The van der Waals surface area contributed by atoms with E-state index in [4.69, 9.17) is 5.73 Å². The molecule has 1 aromatic carbocycles. The standard InChI is InChI=1S/C16H22N2O.ClH/c1-10-2-5-14(17)8-15(10)16(19)18-9-13-7-11-3-4-12(13)6-11;/h2,5,8,11-13H,3-4,6-7,9,17H2,1H3,(H,18,19);1H. The van der Waals surface area contributed by atoms with Crippen LogP contribution in [0.1, 0.15) is 41.6 Å². The Bertz CT molecular complexity index is 503. The van der Waals surface area contributed by atoms with E-state index in [2.05, 4.69) is 5.32 Å². The first-order valence-electron chi connectivity index (χ1n) is 7.28. The van der Waals surface area contributed by atoms with Crippen LogP contribution < -0.4 is 11.1 Å². The Hall–Kier alpha value is -1.22. The van der Waals surface area contributed by atoms with Gasteiger partial charge in [0, 0.05) is 17.8 Å². The number of halogens is 1. The molecule has 4 heteroatoms. The molecule has 3 rings (SSSR count). The van der Waals surface area contributed by atoms with Gasteiger partial charge in [0.2, 0.25) is 0 Å². The third kappa shape index (κ3) is 2.93. The molecule has 2 aliphatic rings. The zero-order valence-electron chi connectivity index (χ0n) is 11.9. The Kier molecular flexibility index (Phi) is 4.59. The van der Waals surface area contributed by atoms with Gasteiger partial charge < -0.3 is 11.1 Å². The number of rotatable bonds is 3. The van der Waals surface area contributed by atoms with Crippen LogP contribution in [0.5, 0.6) is 0 Å². The Balaban J connectivity index is 0.00000147. The second-order valence-electron chi connectivity index (χ2n) is 6.22. The van der Waals surface area contributed by atoms with Crippen molar-refractivity contribution in [1.29, 1.82) is 0 Å². The van der Waals surface area contributed by atoms with E-state index in [0.717, 1.165) is 23.9 Å². The Morgan fingerprint density at radius 3 is 2.80 bits per heavy atom. The molecular weight excluding hydrogens is 272 g/mol. The largest absolute Gasteiger partial charge is 0.399 e. The third-order valence-electron chi connectivity index (χ3n) is 4.92. The van der Waals surface area contributed by atoms with Gasteiger partial charge in [-0.1, -0.05) is 12.5 Å². The number of carbonyl (C=O) groups is 1. The van der Waals surface area contributed by atoms with Crippen LogP contribution in [-0.2, 0) is 0 Å². The average molecular weight is 295 g/mol. The average Bonchev–Trinajstić information content (AvgIpc) is 3.01. The lowest BCUT2D eigenvalue weighted by molar-refractivity contribution is 0.0941. The summed E-state index contributed by atoms with van der Waals surface area (Å²) >= 11 is 0. The fourth-order valence-corrected chi connectivity index (χ4v) is 3.83. The summed E-state index contributed by atoms with van der Waals surface area (Å²) in [5.74, 6) is 2.50. The zero-order valence-corrected chi connectivity index (χ0v) is 12.7. The summed E-state index contributed by atoms with van der Waals surface area (Å²) in [6, 6.07) is 5.51. The quantitative estimate of drug-likeness (QED) is 0.841. The highest BCUT2D eigenvalue weighted by atomic mass is 35.5. The SMILES string of the molecule is Cc1ccc(N)cc1C(=O)NCC1CC2CCC1C2.Cl. The van der Waals surface area contributed by atoms with Crippen molar-refractivity contribution in [3.63, 3.8) is 0 Å². The molecule has 2 fully saturated rings. The Morgan fingerprint density at radius 2 is 2.15 bits per heavy atom. The normalized spacial score (nSPS) is 27.1. The molecule has 3 nitrogen and oxygen atoms in total. The van der Waals surface area contributed by atoms with Crippen molar-refractivity contribution >= 4 is 24.0 Å². The summed E-state index contributed by atoms with van der Waals surface area (Å²) in [5, 5.41) is 3.10. The van der Waals surface area contributed by atoms with Gasteiger partial charge in [0.05, 0.1) is 0 Å². The zero-order chi connectivity index (χ0) is 13.4. The fraction of sp³-hybridized carbons (Fsp3) is 0.562. The van der Waals surface area contributed by atoms with Crippen LogP contribution in [-0.4, -0.2) is 12.5 Å². The van der Waals surface area contributed by atoms with Gasteiger partial charge in [0.1, 0.15) is 0 Å². The molecular formula is C16H23ClN2O. The highest BCUT2D eigenvalue weighted by Gasteiger charge is 2.39. The number of benzene rings is 1. The lowest BCUT2D eigenvalue weighted by atomic mass is 9.89. The minimum Gasteiger partial charge on any atom is -0.399 e. The van der Waals surface area contributed by atoms with E-state index >= 15 is 0 Å². The summed E-state index contributed by atoms with van der Waals surface area (Å²) in [5.41, 5.74) is 8.10. The van der Waals surface area contributed by atoms with Crippen molar-refractivity contribution in [2.75, 3.05) is 12.3 Å². The molecule has 0 saturated heterocycles. The Labute approximate surface area is 126 Å². The van der Waals surface area contributed by atoms with Crippen LogP contribution in [0.15, 0.2) is 18.2 Å². The number of nitrogens with one attached hydrogen (secondary N) is 1. The highest BCUT2D eigenvalue weighted by Crippen LogP contribution is 2.47. The number of amides is 1. The van der Waals surface area contributed by atoms with E-state index < -0.39 is 0 Å². The summed E-state index contributed by atoms with van der Waals surface area (Å²) in [6.45, 7) is 2.78. The predicted molar refractivity (Wildman–Crippen MR) is 84.1 cm³/mol. The van der Waals surface area contributed by atoms with Crippen LogP contribution in [0.3, 0.4) is 0 Å². The monoisotopic (exact) mass is 294 g/mol. The van der Waals surface area contributed by atoms with E-state index in [1.165, 1.54) is 25.7 Å². The number of carbonyl (C=O) groups excluding carboxylic acids is 1. The molecule has 20 heavy (non-hydrogen) atoms. The molecule has 2 saturated carbocycles. The van der Waals surface area contributed by atoms with Crippen LogP contribution in [0, 0.1) is 24.7 Å². The van der Waals surface area contributed by atoms with Crippen molar-refractivity contribution in [1.82, 2.24) is 5.32 Å². The van der Waals surface area contributed by atoms with E-state index in [-0.39, 0.29) is 18.3 Å². The van der Waals surface area contributed by atoms with Gasteiger partial charge >= 0.3 is 0 Å². The number of fused-ring (bicyclic) bond motifs is 2. The van der Waals surface area contributed by atoms with Crippen molar-refractivity contribution in [2.24, 2.45) is 17.8 Å². The molecule has 0 aliphatic heterocycles. The summed E-state index contributed by atoms with van der Waals surface area (Å²) < 4.78 is 0.